The van der Waals surface area contributed by atoms with Crippen molar-refractivity contribution >= 4 is 0 Å². The molecule has 0 bridgehead atoms. The molecule has 0 amide bonds. The van der Waals surface area contributed by atoms with Gasteiger partial charge in [0.1, 0.15) is 12.4 Å². The lowest BCUT2D eigenvalue weighted by molar-refractivity contribution is 0.171. The van der Waals surface area contributed by atoms with Gasteiger partial charge in [0.2, 0.25) is 0 Å². The molecule has 2 N–H and O–H groups in total. The molecule has 1 fully saturated rings. The Kier molecular flexibility index (Phi) is 5.67. The second-order valence-corrected chi connectivity index (χ2v) is 5.43. The number of nitrogens with zero attached hydrogens (tertiary/aromatic N) is 1. The van der Waals surface area contributed by atoms with Crippen molar-refractivity contribution in [3.8, 4) is 5.75 Å². The summed E-state index contributed by atoms with van der Waals surface area (Å²) in [4.78, 5) is 2.56. The Hall–Kier alpha value is -1.06. The van der Waals surface area contributed by atoms with Crippen LogP contribution in [0.15, 0.2) is 24.3 Å². The summed E-state index contributed by atoms with van der Waals surface area (Å²) in [6.45, 7) is 5.90. The van der Waals surface area contributed by atoms with E-state index in [2.05, 4.69) is 11.8 Å². The molecular formula is C16H26N2O. The van der Waals surface area contributed by atoms with Gasteiger partial charge in [0.25, 0.3) is 0 Å². The Bertz CT molecular complexity index is 381. The van der Waals surface area contributed by atoms with Crippen molar-refractivity contribution in [2.24, 2.45) is 5.73 Å². The minimum absolute atomic E-state index is 0.570. The summed E-state index contributed by atoms with van der Waals surface area (Å²) in [6, 6.07) is 8.77. The molecule has 106 valence electrons. The third-order valence-electron chi connectivity index (χ3n) is 3.97. The van der Waals surface area contributed by atoms with Crippen LogP contribution in [0.4, 0.5) is 0 Å². The van der Waals surface area contributed by atoms with E-state index in [4.69, 9.17) is 10.5 Å². The smallest absolute Gasteiger partial charge is 0.119 e. The summed E-state index contributed by atoms with van der Waals surface area (Å²) >= 11 is 0. The summed E-state index contributed by atoms with van der Waals surface area (Å²) < 4.78 is 5.84. The lowest BCUT2D eigenvalue weighted by Crippen LogP contribution is -2.35. The highest BCUT2D eigenvalue weighted by Gasteiger charge is 2.16. The number of ether oxygens (including phenoxy) is 1. The van der Waals surface area contributed by atoms with Crippen molar-refractivity contribution in [3.63, 3.8) is 0 Å². The third kappa shape index (κ3) is 4.51. The van der Waals surface area contributed by atoms with E-state index in [9.17, 15) is 0 Å². The fourth-order valence-electron chi connectivity index (χ4n) is 2.71. The van der Waals surface area contributed by atoms with Crippen LogP contribution in [0.5, 0.6) is 5.75 Å². The largest absolute Gasteiger partial charge is 0.492 e. The van der Waals surface area contributed by atoms with Crippen LogP contribution < -0.4 is 10.5 Å². The van der Waals surface area contributed by atoms with Gasteiger partial charge < -0.3 is 10.5 Å². The highest BCUT2D eigenvalue weighted by molar-refractivity contribution is 5.28. The minimum atomic E-state index is 0.570. The van der Waals surface area contributed by atoms with Gasteiger partial charge in [0.05, 0.1) is 0 Å². The molecule has 1 aliphatic heterocycles. The number of hydrogen-bond donors (Lipinski definition) is 1. The number of likely N-dealkylation sites (tertiary alicyclic amines) is 1. The van der Waals surface area contributed by atoms with Gasteiger partial charge in [-0.15, -0.1) is 0 Å². The summed E-state index contributed by atoms with van der Waals surface area (Å²) in [7, 11) is 0. The molecule has 0 spiro atoms. The van der Waals surface area contributed by atoms with Crippen molar-refractivity contribution in [1.82, 2.24) is 4.90 Å². The summed E-state index contributed by atoms with van der Waals surface area (Å²) in [5.41, 5.74) is 6.76. The minimum Gasteiger partial charge on any atom is -0.492 e. The molecule has 1 unspecified atom stereocenters. The van der Waals surface area contributed by atoms with Gasteiger partial charge in [-0.3, -0.25) is 4.90 Å². The van der Waals surface area contributed by atoms with E-state index in [-0.39, 0.29) is 0 Å². The van der Waals surface area contributed by atoms with E-state index < -0.39 is 0 Å². The Morgan fingerprint density at radius 3 is 3.05 bits per heavy atom. The normalized spacial score (nSPS) is 21.1. The molecule has 19 heavy (non-hydrogen) atoms. The van der Waals surface area contributed by atoms with E-state index in [1.165, 1.54) is 32.2 Å². The zero-order valence-electron chi connectivity index (χ0n) is 12.0. The van der Waals surface area contributed by atoms with Crippen LogP contribution >= 0.6 is 0 Å². The molecule has 1 saturated heterocycles. The molecule has 1 atom stereocenters. The zero-order valence-corrected chi connectivity index (χ0v) is 12.0. The SMILES string of the molecule is CC1CCCCCN1CCOc1cccc(CN)c1. The van der Waals surface area contributed by atoms with Gasteiger partial charge in [0.15, 0.2) is 0 Å². The maximum absolute atomic E-state index is 5.84. The summed E-state index contributed by atoms with van der Waals surface area (Å²) in [6.07, 6.45) is 5.40. The maximum Gasteiger partial charge on any atom is 0.119 e. The van der Waals surface area contributed by atoms with E-state index in [0.717, 1.165) is 24.5 Å². The predicted octanol–water partition coefficient (Wildman–Crippen LogP) is 2.79. The van der Waals surface area contributed by atoms with Crippen LogP contribution in [0, 0.1) is 0 Å². The van der Waals surface area contributed by atoms with Crippen molar-refractivity contribution in [1.29, 1.82) is 0 Å². The van der Waals surface area contributed by atoms with Crippen molar-refractivity contribution in [3.05, 3.63) is 29.8 Å². The Morgan fingerprint density at radius 1 is 1.32 bits per heavy atom. The molecule has 0 aromatic heterocycles. The monoisotopic (exact) mass is 262 g/mol. The van der Waals surface area contributed by atoms with Crippen LogP contribution in [-0.4, -0.2) is 30.6 Å². The topological polar surface area (TPSA) is 38.5 Å². The highest BCUT2D eigenvalue weighted by atomic mass is 16.5. The van der Waals surface area contributed by atoms with Crippen LogP contribution in [0.3, 0.4) is 0 Å². The number of nitrogens with two attached hydrogens (primary N) is 1. The first kappa shape index (κ1) is 14.4. The fraction of sp³-hybridized carbons (Fsp3) is 0.625. The Balaban J connectivity index is 1.78. The van der Waals surface area contributed by atoms with E-state index in [1.54, 1.807) is 0 Å². The molecule has 3 heteroatoms. The van der Waals surface area contributed by atoms with Gasteiger partial charge >= 0.3 is 0 Å². The lowest BCUT2D eigenvalue weighted by Gasteiger charge is -2.26. The third-order valence-corrected chi connectivity index (χ3v) is 3.97. The lowest BCUT2D eigenvalue weighted by atomic mass is 10.1. The molecule has 1 aromatic carbocycles. The molecule has 0 saturated carbocycles. The first-order chi connectivity index (χ1) is 9.29. The average molecular weight is 262 g/mol. The second kappa shape index (κ2) is 7.51. The van der Waals surface area contributed by atoms with Gasteiger partial charge in [-0.2, -0.15) is 0 Å². The highest BCUT2D eigenvalue weighted by Crippen LogP contribution is 2.17. The standard InChI is InChI=1S/C16H26N2O/c1-14-6-3-2-4-9-18(14)10-11-19-16-8-5-7-15(12-16)13-17/h5,7-8,12,14H,2-4,6,9-11,13,17H2,1H3. The summed E-state index contributed by atoms with van der Waals surface area (Å²) in [5.74, 6) is 0.936. The molecule has 0 aliphatic carbocycles. The van der Waals surface area contributed by atoms with Crippen molar-refractivity contribution < 1.29 is 4.74 Å². The van der Waals surface area contributed by atoms with Crippen LogP contribution in [-0.2, 0) is 6.54 Å². The zero-order chi connectivity index (χ0) is 13.5. The quantitative estimate of drug-likeness (QED) is 0.887. The van der Waals surface area contributed by atoms with E-state index >= 15 is 0 Å². The van der Waals surface area contributed by atoms with Crippen molar-refractivity contribution in [2.45, 2.75) is 45.2 Å². The molecule has 1 heterocycles. The second-order valence-electron chi connectivity index (χ2n) is 5.43. The van der Waals surface area contributed by atoms with Gasteiger partial charge in [-0.1, -0.05) is 25.0 Å². The van der Waals surface area contributed by atoms with Gasteiger partial charge in [-0.25, -0.2) is 0 Å². The van der Waals surface area contributed by atoms with Crippen molar-refractivity contribution in [2.75, 3.05) is 19.7 Å². The molecule has 1 aromatic rings. The van der Waals surface area contributed by atoms with E-state index in [1.807, 2.05) is 24.3 Å². The van der Waals surface area contributed by atoms with E-state index in [0.29, 0.717) is 12.6 Å². The average Bonchev–Trinajstić information content (AvgIpc) is 2.64. The van der Waals surface area contributed by atoms with Gasteiger partial charge in [0, 0.05) is 19.1 Å². The summed E-state index contributed by atoms with van der Waals surface area (Å²) in [5, 5.41) is 0. The van der Waals surface area contributed by atoms with Gasteiger partial charge in [-0.05, 0) is 44.0 Å². The number of rotatable bonds is 5. The van der Waals surface area contributed by atoms with Crippen LogP contribution in [0.1, 0.15) is 38.2 Å². The molecule has 0 radical (unpaired) electrons. The first-order valence-electron chi connectivity index (χ1n) is 7.45. The molecule has 1 aliphatic rings. The number of benzene rings is 1. The molecular weight excluding hydrogens is 236 g/mol. The molecule has 2 rings (SSSR count). The fourth-order valence-corrected chi connectivity index (χ4v) is 2.71. The first-order valence-corrected chi connectivity index (χ1v) is 7.45. The van der Waals surface area contributed by atoms with Crippen LogP contribution in [0.25, 0.3) is 0 Å². The number of hydrogen-bond acceptors (Lipinski definition) is 3. The maximum atomic E-state index is 5.84. The Labute approximate surface area is 116 Å². The van der Waals surface area contributed by atoms with Crippen LogP contribution in [0.2, 0.25) is 0 Å². The predicted molar refractivity (Wildman–Crippen MR) is 79.3 cm³/mol. The Morgan fingerprint density at radius 2 is 2.21 bits per heavy atom. The molecule has 3 nitrogen and oxygen atoms in total.